The molecule has 5 heteroatoms. The number of anilines is 1. The first-order valence-electron chi connectivity index (χ1n) is 7.18. The molecule has 0 unspecified atom stereocenters. The van der Waals surface area contributed by atoms with Crippen molar-refractivity contribution in [1.29, 1.82) is 0 Å². The topological polar surface area (TPSA) is 50.3 Å². The van der Waals surface area contributed by atoms with Crippen LogP contribution < -0.4 is 10.2 Å². The lowest BCUT2D eigenvalue weighted by molar-refractivity contribution is 0.0852. The quantitative estimate of drug-likeness (QED) is 0.868. The molecule has 0 amide bonds. The van der Waals surface area contributed by atoms with E-state index in [1.54, 1.807) is 0 Å². The van der Waals surface area contributed by atoms with Gasteiger partial charge in [-0.1, -0.05) is 0 Å². The van der Waals surface area contributed by atoms with Gasteiger partial charge in [0, 0.05) is 56.8 Å². The largest absolute Gasteiger partial charge is 0.381 e. The molecule has 1 aliphatic heterocycles. The van der Waals surface area contributed by atoms with Gasteiger partial charge in [0.05, 0.1) is 0 Å². The van der Waals surface area contributed by atoms with Gasteiger partial charge in [-0.3, -0.25) is 0 Å². The lowest BCUT2D eigenvalue weighted by atomic mass is 10.1. The lowest BCUT2D eigenvalue weighted by Gasteiger charge is -2.31. The predicted molar refractivity (Wildman–Crippen MR) is 74.1 cm³/mol. The van der Waals surface area contributed by atoms with Crippen LogP contribution in [0.25, 0.3) is 0 Å². The van der Waals surface area contributed by atoms with Crippen molar-refractivity contribution in [3.05, 3.63) is 18.0 Å². The monoisotopic (exact) mass is 262 g/mol. The third kappa shape index (κ3) is 3.42. The number of hydrogen-bond donors (Lipinski definition) is 1. The minimum atomic E-state index is 0.504. The number of ether oxygens (including phenoxy) is 1. The Balaban J connectivity index is 1.57. The molecule has 1 aliphatic carbocycles. The summed E-state index contributed by atoms with van der Waals surface area (Å²) in [5.74, 6) is 0.821. The van der Waals surface area contributed by atoms with Crippen molar-refractivity contribution in [2.75, 3.05) is 25.2 Å². The van der Waals surface area contributed by atoms with E-state index in [0.717, 1.165) is 50.2 Å². The third-order valence-electron chi connectivity index (χ3n) is 3.92. The fraction of sp³-hybridized carbons (Fsp3) is 0.714. The number of rotatable bonds is 5. The first-order valence-corrected chi connectivity index (χ1v) is 7.18. The maximum Gasteiger partial charge on any atom is 0.225 e. The molecule has 2 fully saturated rings. The minimum Gasteiger partial charge on any atom is -0.381 e. The molecule has 0 radical (unpaired) electrons. The molecule has 0 atom stereocenters. The summed E-state index contributed by atoms with van der Waals surface area (Å²) in [6, 6.07) is 1.23. The zero-order valence-electron chi connectivity index (χ0n) is 11.5. The average molecular weight is 262 g/mol. The molecule has 1 N–H and O–H groups in total. The van der Waals surface area contributed by atoms with E-state index in [1.807, 2.05) is 12.4 Å². The molecule has 1 aromatic heterocycles. The highest BCUT2D eigenvalue weighted by Crippen LogP contribution is 2.20. The molecule has 104 valence electrons. The fourth-order valence-electron chi connectivity index (χ4n) is 2.41. The standard InChI is InChI=1S/C14H22N4O/c1-18(13-4-6-19-7-5-13)14-16-9-11(10-17-14)8-15-12-2-3-12/h9-10,12-13,15H,2-8H2,1H3. The first kappa shape index (κ1) is 12.8. The van der Waals surface area contributed by atoms with Crippen LogP contribution in [0, 0.1) is 0 Å². The molecule has 5 nitrogen and oxygen atoms in total. The van der Waals surface area contributed by atoms with Crippen molar-refractivity contribution in [2.45, 2.75) is 44.3 Å². The van der Waals surface area contributed by atoms with Crippen LogP contribution in [-0.4, -0.2) is 42.3 Å². The van der Waals surface area contributed by atoms with Gasteiger partial charge in [-0.2, -0.15) is 0 Å². The normalized spacial score (nSPS) is 20.5. The summed E-state index contributed by atoms with van der Waals surface area (Å²) in [5, 5.41) is 3.47. The fourth-order valence-corrected chi connectivity index (χ4v) is 2.41. The maximum atomic E-state index is 5.39. The van der Waals surface area contributed by atoms with Crippen LogP contribution in [0.5, 0.6) is 0 Å². The van der Waals surface area contributed by atoms with Gasteiger partial charge in [-0.15, -0.1) is 0 Å². The first-order chi connectivity index (χ1) is 9.33. The van der Waals surface area contributed by atoms with Crippen LogP contribution in [0.3, 0.4) is 0 Å². The van der Waals surface area contributed by atoms with E-state index >= 15 is 0 Å². The maximum absolute atomic E-state index is 5.39. The van der Waals surface area contributed by atoms with E-state index < -0.39 is 0 Å². The van der Waals surface area contributed by atoms with Crippen molar-refractivity contribution in [1.82, 2.24) is 15.3 Å². The minimum absolute atomic E-state index is 0.504. The second kappa shape index (κ2) is 5.84. The van der Waals surface area contributed by atoms with Gasteiger partial charge in [-0.05, 0) is 25.7 Å². The van der Waals surface area contributed by atoms with Gasteiger partial charge in [0.25, 0.3) is 0 Å². The van der Waals surface area contributed by atoms with Crippen LogP contribution in [0.2, 0.25) is 0 Å². The molecule has 1 aromatic rings. The molecule has 1 saturated carbocycles. The molecule has 3 rings (SSSR count). The SMILES string of the molecule is CN(c1ncc(CNC2CC2)cn1)C1CCOCC1. The summed E-state index contributed by atoms with van der Waals surface area (Å²) >= 11 is 0. The van der Waals surface area contributed by atoms with Crippen molar-refractivity contribution >= 4 is 5.95 Å². The highest BCUT2D eigenvalue weighted by Gasteiger charge is 2.21. The zero-order valence-corrected chi connectivity index (χ0v) is 11.5. The van der Waals surface area contributed by atoms with Crippen LogP contribution in [0.15, 0.2) is 12.4 Å². The summed E-state index contributed by atoms with van der Waals surface area (Å²) in [6.45, 7) is 2.57. The van der Waals surface area contributed by atoms with Gasteiger partial charge in [0.15, 0.2) is 0 Å². The molecule has 0 bridgehead atoms. The molecule has 0 aromatic carbocycles. The molecule has 0 spiro atoms. The summed E-state index contributed by atoms with van der Waals surface area (Å²) in [5.41, 5.74) is 1.16. The number of nitrogens with one attached hydrogen (secondary N) is 1. The molecule has 1 saturated heterocycles. The second-order valence-electron chi connectivity index (χ2n) is 5.50. The van der Waals surface area contributed by atoms with Gasteiger partial charge in [0.2, 0.25) is 5.95 Å². The smallest absolute Gasteiger partial charge is 0.225 e. The van der Waals surface area contributed by atoms with Gasteiger partial charge >= 0.3 is 0 Å². The Labute approximate surface area is 114 Å². The van der Waals surface area contributed by atoms with Gasteiger partial charge in [0.1, 0.15) is 0 Å². The van der Waals surface area contributed by atoms with E-state index in [1.165, 1.54) is 12.8 Å². The van der Waals surface area contributed by atoms with E-state index in [0.29, 0.717) is 6.04 Å². The summed E-state index contributed by atoms with van der Waals surface area (Å²) in [7, 11) is 2.08. The van der Waals surface area contributed by atoms with Crippen LogP contribution in [-0.2, 0) is 11.3 Å². The third-order valence-corrected chi connectivity index (χ3v) is 3.92. The molecular weight excluding hydrogens is 240 g/mol. The molecular formula is C14H22N4O. The Hall–Kier alpha value is -1.20. The lowest BCUT2D eigenvalue weighted by Crippen LogP contribution is -2.37. The predicted octanol–water partition coefficient (Wildman–Crippen LogP) is 1.34. The highest BCUT2D eigenvalue weighted by molar-refractivity contribution is 5.30. The molecule has 2 heterocycles. The van der Waals surface area contributed by atoms with Gasteiger partial charge < -0.3 is 15.0 Å². The van der Waals surface area contributed by atoms with E-state index in [4.69, 9.17) is 4.74 Å². The molecule has 19 heavy (non-hydrogen) atoms. The van der Waals surface area contributed by atoms with Gasteiger partial charge in [-0.25, -0.2) is 9.97 Å². The Morgan fingerprint density at radius 2 is 1.89 bits per heavy atom. The van der Waals surface area contributed by atoms with Crippen molar-refractivity contribution < 1.29 is 4.74 Å². The second-order valence-corrected chi connectivity index (χ2v) is 5.50. The summed E-state index contributed by atoms with van der Waals surface area (Å²) < 4.78 is 5.39. The van der Waals surface area contributed by atoms with Crippen LogP contribution in [0.4, 0.5) is 5.95 Å². The number of nitrogens with zero attached hydrogens (tertiary/aromatic N) is 3. The Morgan fingerprint density at radius 1 is 1.21 bits per heavy atom. The Bertz CT molecular complexity index is 398. The average Bonchev–Trinajstić information content (AvgIpc) is 3.30. The summed E-state index contributed by atoms with van der Waals surface area (Å²) in [4.78, 5) is 11.2. The Kier molecular flexibility index (Phi) is 3.94. The van der Waals surface area contributed by atoms with Crippen molar-refractivity contribution in [3.63, 3.8) is 0 Å². The molecule has 2 aliphatic rings. The van der Waals surface area contributed by atoms with Crippen LogP contribution >= 0.6 is 0 Å². The van der Waals surface area contributed by atoms with Crippen molar-refractivity contribution in [3.8, 4) is 0 Å². The zero-order chi connectivity index (χ0) is 13.1. The van der Waals surface area contributed by atoms with Crippen molar-refractivity contribution in [2.24, 2.45) is 0 Å². The van der Waals surface area contributed by atoms with E-state index in [9.17, 15) is 0 Å². The van der Waals surface area contributed by atoms with Crippen LogP contribution in [0.1, 0.15) is 31.2 Å². The van der Waals surface area contributed by atoms with E-state index in [2.05, 4.69) is 27.2 Å². The summed E-state index contributed by atoms with van der Waals surface area (Å²) in [6.07, 6.45) is 8.62. The number of aromatic nitrogens is 2. The number of hydrogen-bond acceptors (Lipinski definition) is 5. The Morgan fingerprint density at radius 3 is 2.53 bits per heavy atom. The van der Waals surface area contributed by atoms with E-state index in [-0.39, 0.29) is 0 Å². The highest BCUT2D eigenvalue weighted by atomic mass is 16.5.